The molecule has 0 spiro atoms. The molecular formula is C19H19N3O3S. The molecule has 2 aromatic carbocycles. The van der Waals surface area contributed by atoms with E-state index in [2.05, 4.69) is 14.6 Å². The lowest BCUT2D eigenvalue weighted by Gasteiger charge is -2.16. The highest BCUT2D eigenvalue weighted by Gasteiger charge is 2.14. The van der Waals surface area contributed by atoms with Gasteiger partial charge in [0.1, 0.15) is 0 Å². The quantitative estimate of drug-likeness (QED) is 0.768. The third-order valence-corrected chi connectivity index (χ3v) is 5.25. The van der Waals surface area contributed by atoms with Gasteiger partial charge in [0.15, 0.2) is 5.43 Å². The molecule has 1 aromatic heterocycles. The van der Waals surface area contributed by atoms with Crippen LogP contribution in [-0.2, 0) is 10.0 Å². The monoisotopic (exact) mass is 369 g/mol. The zero-order valence-electron chi connectivity index (χ0n) is 14.4. The standard InChI is InChI=1S/C19H19N3O3S/c1-26(24,25)21-14-6-4-13-5-7-18-17(19(23)16(13)10-14)11-15(12-20-18)22-8-2-3-9-22/h4-7,10-12,21H,2-3,8-9H2,1H3. The van der Waals surface area contributed by atoms with Gasteiger partial charge in [-0.15, -0.1) is 0 Å². The van der Waals surface area contributed by atoms with Crippen molar-refractivity contribution in [1.29, 1.82) is 0 Å². The van der Waals surface area contributed by atoms with Crippen LogP contribution in [0.1, 0.15) is 12.8 Å². The fourth-order valence-corrected chi connectivity index (χ4v) is 3.97. The Bertz CT molecular complexity index is 1170. The summed E-state index contributed by atoms with van der Waals surface area (Å²) in [5, 5.41) is 1.75. The first-order valence-corrected chi connectivity index (χ1v) is 10.4. The molecule has 2 heterocycles. The molecule has 26 heavy (non-hydrogen) atoms. The fourth-order valence-electron chi connectivity index (χ4n) is 3.42. The van der Waals surface area contributed by atoms with Gasteiger partial charge in [-0.25, -0.2) is 8.42 Å². The summed E-state index contributed by atoms with van der Waals surface area (Å²) in [6.45, 7) is 1.95. The van der Waals surface area contributed by atoms with E-state index in [0.717, 1.165) is 43.3 Å². The first-order valence-electron chi connectivity index (χ1n) is 8.50. The maximum Gasteiger partial charge on any atom is 0.229 e. The number of hydrogen-bond donors (Lipinski definition) is 1. The Kier molecular flexibility index (Phi) is 4.03. The van der Waals surface area contributed by atoms with Crippen LogP contribution in [0.2, 0.25) is 0 Å². The van der Waals surface area contributed by atoms with E-state index in [1.807, 2.05) is 24.4 Å². The summed E-state index contributed by atoms with van der Waals surface area (Å²) in [4.78, 5) is 19.8. The predicted octanol–water partition coefficient (Wildman–Crippen LogP) is 2.72. The number of sulfonamides is 1. The van der Waals surface area contributed by atoms with Crippen molar-refractivity contribution in [3.8, 4) is 0 Å². The van der Waals surface area contributed by atoms with Crippen LogP contribution in [0.25, 0.3) is 21.7 Å². The first-order chi connectivity index (χ1) is 12.4. The second-order valence-electron chi connectivity index (χ2n) is 6.66. The highest BCUT2D eigenvalue weighted by molar-refractivity contribution is 7.92. The number of benzene rings is 1. The van der Waals surface area contributed by atoms with E-state index in [0.29, 0.717) is 22.0 Å². The number of anilines is 2. The van der Waals surface area contributed by atoms with Crippen molar-refractivity contribution in [3.05, 3.63) is 52.8 Å². The van der Waals surface area contributed by atoms with Crippen molar-refractivity contribution in [2.75, 3.05) is 29.0 Å². The minimum atomic E-state index is -3.41. The van der Waals surface area contributed by atoms with E-state index < -0.39 is 10.0 Å². The van der Waals surface area contributed by atoms with Crippen LogP contribution in [0, 0.1) is 0 Å². The van der Waals surface area contributed by atoms with Gasteiger partial charge < -0.3 is 4.90 Å². The molecule has 134 valence electrons. The molecule has 0 radical (unpaired) electrons. The summed E-state index contributed by atoms with van der Waals surface area (Å²) in [5.41, 5.74) is 1.81. The number of fused-ring (bicyclic) bond motifs is 2. The van der Waals surface area contributed by atoms with Gasteiger partial charge in [-0.2, -0.15) is 0 Å². The second-order valence-corrected chi connectivity index (χ2v) is 8.41. The molecule has 1 aliphatic heterocycles. The summed E-state index contributed by atoms with van der Waals surface area (Å²) in [5.74, 6) is 0. The molecule has 0 aliphatic carbocycles. The van der Waals surface area contributed by atoms with E-state index in [1.54, 1.807) is 18.2 Å². The van der Waals surface area contributed by atoms with E-state index in [9.17, 15) is 13.2 Å². The van der Waals surface area contributed by atoms with Gasteiger partial charge in [-0.3, -0.25) is 14.5 Å². The molecule has 7 heteroatoms. The summed E-state index contributed by atoms with van der Waals surface area (Å²) >= 11 is 0. The Morgan fingerprint density at radius 2 is 1.77 bits per heavy atom. The van der Waals surface area contributed by atoms with Gasteiger partial charge in [0.2, 0.25) is 10.0 Å². The van der Waals surface area contributed by atoms with Gasteiger partial charge in [0.25, 0.3) is 0 Å². The summed E-state index contributed by atoms with van der Waals surface area (Å²) in [6.07, 6.45) is 5.19. The van der Waals surface area contributed by atoms with Crippen LogP contribution < -0.4 is 15.1 Å². The number of hydrogen-bond acceptors (Lipinski definition) is 5. The lowest BCUT2D eigenvalue weighted by molar-refractivity contribution is 0.607. The molecule has 6 nitrogen and oxygen atoms in total. The average molecular weight is 369 g/mol. The molecule has 1 N–H and O–H groups in total. The molecule has 3 aromatic rings. The third-order valence-electron chi connectivity index (χ3n) is 4.64. The van der Waals surface area contributed by atoms with Gasteiger partial charge >= 0.3 is 0 Å². The van der Waals surface area contributed by atoms with Crippen molar-refractivity contribution in [3.63, 3.8) is 0 Å². The van der Waals surface area contributed by atoms with E-state index >= 15 is 0 Å². The highest BCUT2D eigenvalue weighted by atomic mass is 32.2. The van der Waals surface area contributed by atoms with Crippen LogP contribution in [0.3, 0.4) is 0 Å². The summed E-state index contributed by atoms with van der Waals surface area (Å²) in [7, 11) is -3.41. The van der Waals surface area contributed by atoms with E-state index in [1.165, 1.54) is 0 Å². The largest absolute Gasteiger partial charge is 0.370 e. The van der Waals surface area contributed by atoms with Crippen molar-refractivity contribution in [1.82, 2.24) is 4.98 Å². The lowest BCUT2D eigenvalue weighted by Crippen LogP contribution is -2.18. The maximum atomic E-state index is 13.1. The van der Waals surface area contributed by atoms with Crippen LogP contribution in [0.5, 0.6) is 0 Å². The number of nitrogens with zero attached hydrogens (tertiary/aromatic N) is 2. The number of pyridine rings is 1. The van der Waals surface area contributed by atoms with Gasteiger partial charge in [-0.05, 0) is 42.5 Å². The smallest absolute Gasteiger partial charge is 0.229 e. The predicted molar refractivity (Wildman–Crippen MR) is 105 cm³/mol. The summed E-state index contributed by atoms with van der Waals surface area (Å²) in [6, 6.07) is 10.5. The summed E-state index contributed by atoms with van der Waals surface area (Å²) < 4.78 is 25.4. The van der Waals surface area contributed by atoms with Crippen molar-refractivity contribution >= 4 is 43.1 Å². The zero-order chi connectivity index (χ0) is 18.3. The van der Waals surface area contributed by atoms with Crippen LogP contribution >= 0.6 is 0 Å². The van der Waals surface area contributed by atoms with Gasteiger partial charge in [0, 0.05) is 24.2 Å². The van der Waals surface area contributed by atoms with Crippen molar-refractivity contribution in [2.24, 2.45) is 0 Å². The third kappa shape index (κ3) is 3.22. The van der Waals surface area contributed by atoms with E-state index in [-0.39, 0.29) is 5.43 Å². The van der Waals surface area contributed by atoms with E-state index in [4.69, 9.17) is 0 Å². The molecule has 1 aliphatic rings. The molecule has 0 atom stereocenters. The van der Waals surface area contributed by atoms with Crippen molar-refractivity contribution < 1.29 is 8.42 Å². The Hall–Kier alpha value is -2.67. The molecular weight excluding hydrogens is 350 g/mol. The topological polar surface area (TPSA) is 79.4 Å². The lowest BCUT2D eigenvalue weighted by atomic mass is 10.1. The minimum absolute atomic E-state index is 0.148. The Balaban J connectivity index is 1.94. The second kappa shape index (κ2) is 6.25. The number of rotatable bonds is 3. The van der Waals surface area contributed by atoms with Crippen LogP contribution in [-0.4, -0.2) is 32.7 Å². The normalized spacial score (nSPS) is 14.9. The average Bonchev–Trinajstić information content (AvgIpc) is 3.09. The maximum absolute atomic E-state index is 13.1. The molecule has 0 saturated carbocycles. The minimum Gasteiger partial charge on any atom is -0.370 e. The number of nitrogens with one attached hydrogen (secondary N) is 1. The Morgan fingerprint density at radius 3 is 2.50 bits per heavy atom. The molecule has 0 bridgehead atoms. The molecule has 4 rings (SSSR count). The SMILES string of the molecule is CS(=O)(=O)Nc1ccc2ccc3ncc(N4CCCC4)cc3c(=O)c2c1. The van der Waals surface area contributed by atoms with Crippen LogP contribution in [0.15, 0.2) is 47.4 Å². The Morgan fingerprint density at radius 1 is 1.04 bits per heavy atom. The van der Waals surface area contributed by atoms with Gasteiger partial charge in [0.05, 0.1) is 29.0 Å². The van der Waals surface area contributed by atoms with Crippen molar-refractivity contribution in [2.45, 2.75) is 12.8 Å². The Labute approximate surface area is 151 Å². The molecule has 1 fully saturated rings. The van der Waals surface area contributed by atoms with Crippen LogP contribution in [0.4, 0.5) is 11.4 Å². The van der Waals surface area contributed by atoms with Gasteiger partial charge in [-0.1, -0.05) is 12.1 Å². The molecule has 0 amide bonds. The molecule has 1 saturated heterocycles. The fraction of sp³-hybridized carbons (Fsp3) is 0.263. The first kappa shape index (κ1) is 16.8. The number of aromatic nitrogens is 1. The molecule has 0 unspecified atom stereocenters. The zero-order valence-corrected chi connectivity index (χ0v) is 15.2. The highest BCUT2D eigenvalue weighted by Crippen LogP contribution is 2.24.